The van der Waals surface area contributed by atoms with Crippen molar-refractivity contribution >= 4 is 22.8 Å². The summed E-state index contributed by atoms with van der Waals surface area (Å²) in [4.78, 5) is 29.5. The first-order valence-corrected chi connectivity index (χ1v) is 9.06. The highest BCUT2D eigenvalue weighted by Crippen LogP contribution is 2.21. The molecule has 2 N–H and O–H groups in total. The monoisotopic (exact) mass is 404 g/mol. The zero-order chi connectivity index (χ0) is 21.0. The summed E-state index contributed by atoms with van der Waals surface area (Å²) in [5, 5.41) is 5.43. The Bertz CT molecular complexity index is 1110. The minimum Gasteiger partial charge on any atom is -0.367 e. The van der Waals surface area contributed by atoms with Crippen LogP contribution < -0.4 is 16.1 Å². The summed E-state index contributed by atoms with van der Waals surface area (Å²) in [5.74, 6) is -1.99. The van der Waals surface area contributed by atoms with Gasteiger partial charge < -0.3 is 10.6 Å². The number of benzene rings is 1. The Labute approximate surface area is 164 Å². The van der Waals surface area contributed by atoms with E-state index in [1.54, 1.807) is 0 Å². The van der Waals surface area contributed by atoms with Crippen molar-refractivity contribution in [1.29, 1.82) is 0 Å². The largest absolute Gasteiger partial charge is 0.367 e. The van der Waals surface area contributed by atoms with E-state index < -0.39 is 29.6 Å². The molecule has 1 amide bonds. The molecule has 6 nitrogen and oxygen atoms in total. The Balaban J connectivity index is 2.27. The van der Waals surface area contributed by atoms with Crippen molar-refractivity contribution in [2.24, 2.45) is 0 Å². The van der Waals surface area contributed by atoms with E-state index in [9.17, 15) is 22.8 Å². The molecule has 0 aliphatic carbocycles. The summed E-state index contributed by atoms with van der Waals surface area (Å²) in [6.45, 7) is 1.61. The number of alkyl halides is 1. The highest BCUT2D eigenvalue weighted by molar-refractivity contribution is 5.97. The maximum Gasteiger partial charge on any atom is 0.256 e. The molecule has 0 saturated carbocycles. The summed E-state index contributed by atoms with van der Waals surface area (Å²) < 4.78 is 41.5. The maximum absolute atomic E-state index is 14.5. The number of carbonyl (C=O) groups excluding carboxylic acids is 1. The lowest BCUT2D eigenvalue weighted by Gasteiger charge is -2.15. The fourth-order valence-electron chi connectivity index (χ4n) is 2.83. The van der Waals surface area contributed by atoms with Gasteiger partial charge in [0, 0.05) is 25.4 Å². The number of pyridine rings is 2. The van der Waals surface area contributed by atoms with E-state index in [1.807, 2.05) is 6.92 Å². The Morgan fingerprint density at radius 1 is 1.17 bits per heavy atom. The number of fused-ring (bicyclic) bond motifs is 1. The van der Waals surface area contributed by atoms with Gasteiger partial charge in [0.15, 0.2) is 5.65 Å². The number of amides is 1. The first kappa shape index (κ1) is 20.4. The lowest BCUT2D eigenvalue weighted by atomic mass is 10.1. The van der Waals surface area contributed by atoms with Crippen molar-refractivity contribution in [1.82, 2.24) is 14.9 Å². The second-order valence-corrected chi connectivity index (χ2v) is 6.28. The number of nitrogens with one attached hydrogen (secondary N) is 2. The molecule has 0 bridgehead atoms. The number of hydrogen-bond acceptors (Lipinski definition) is 4. The average Bonchev–Trinajstić information content (AvgIpc) is 2.71. The van der Waals surface area contributed by atoms with Gasteiger partial charge in [-0.2, -0.15) is 0 Å². The van der Waals surface area contributed by atoms with E-state index >= 15 is 0 Å². The molecular formula is C20H19F3N4O2. The lowest BCUT2D eigenvalue weighted by molar-refractivity contribution is 0.0952. The highest BCUT2D eigenvalue weighted by atomic mass is 19.1. The third-order valence-electron chi connectivity index (χ3n) is 4.20. The van der Waals surface area contributed by atoms with Gasteiger partial charge in [-0.15, -0.1) is 0 Å². The first-order chi connectivity index (χ1) is 14.0. The predicted octanol–water partition coefficient (Wildman–Crippen LogP) is 3.19. The third kappa shape index (κ3) is 4.23. The molecule has 0 atom stereocenters. The maximum atomic E-state index is 14.5. The zero-order valence-corrected chi connectivity index (χ0v) is 15.6. The van der Waals surface area contributed by atoms with Crippen LogP contribution in [0.3, 0.4) is 0 Å². The van der Waals surface area contributed by atoms with Crippen LogP contribution >= 0.6 is 0 Å². The first-order valence-electron chi connectivity index (χ1n) is 9.06. The lowest BCUT2D eigenvalue weighted by Crippen LogP contribution is -2.30. The molecule has 0 saturated heterocycles. The van der Waals surface area contributed by atoms with Gasteiger partial charge in [-0.3, -0.25) is 14.2 Å². The van der Waals surface area contributed by atoms with Gasteiger partial charge in [0.05, 0.1) is 11.1 Å². The number of hydrogen-bond donors (Lipinski definition) is 2. The minimum atomic E-state index is -0.890. The quantitative estimate of drug-likeness (QED) is 0.634. The normalized spacial score (nSPS) is 10.9. The Hall–Kier alpha value is -3.36. The van der Waals surface area contributed by atoms with Crippen LogP contribution in [-0.4, -0.2) is 35.2 Å². The van der Waals surface area contributed by atoms with Crippen LogP contribution in [-0.2, 0) is 0 Å². The molecule has 0 aliphatic heterocycles. The van der Waals surface area contributed by atoms with Crippen LogP contribution in [0.5, 0.6) is 0 Å². The van der Waals surface area contributed by atoms with Gasteiger partial charge in [-0.25, -0.2) is 18.2 Å². The molecule has 0 unspecified atom stereocenters. The van der Waals surface area contributed by atoms with Gasteiger partial charge in [-0.05, 0) is 30.7 Å². The summed E-state index contributed by atoms with van der Waals surface area (Å²) in [6.07, 6.45) is 1.85. The minimum absolute atomic E-state index is 0.00511. The highest BCUT2D eigenvalue weighted by Gasteiger charge is 2.19. The Kier molecular flexibility index (Phi) is 6.16. The van der Waals surface area contributed by atoms with E-state index in [0.717, 1.165) is 6.07 Å². The number of halogens is 3. The van der Waals surface area contributed by atoms with E-state index in [-0.39, 0.29) is 34.6 Å². The molecule has 152 valence electrons. The molecule has 0 aliphatic rings. The van der Waals surface area contributed by atoms with Gasteiger partial charge in [0.2, 0.25) is 5.43 Å². The molecule has 3 aromatic rings. The molecule has 2 aromatic heterocycles. The van der Waals surface area contributed by atoms with Crippen molar-refractivity contribution in [2.75, 3.05) is 25.1 Å². The van der Waals surface area contributed by atoms with Crippen molar-refractivity contribution < 1.29 is 18.0 Å². The topological polar surface area (TPSA) is 76.0 Å². The molecule has 1 aromatic carbocycles. The summed E-state index contributed by atoms with van der Waals surface area (Å²) >= 11 is 0. The Morgan fingerprint density at radius 3 is 2.66 bits per heavy atom. The molecule has 0 spiro atoms. The van der Waals surface area contributed by atoms with E-state index in [0.29, 0.717) is 19.0 Å². The molecule has 2 heterocycles. The molecule has 0 fully saturated rings. The van der Waals surface area contributed by atoms with Gasteiger partial charge in [0.1, 0.15) is 29.7 Å². The SMILES string of the molecule is CCCNC(=O)c1cn(-c2ccc(F)cc2F)c2nc(NCCF)ccc2c1=O. The zero-order valence-electron chi connectivity index (χ0n) is 15.6. The van der Waals surface area contributed by atoms with Gasteiger partial charge in [-0.1, -0.05) is 6.92 Å². The van der Waals surface area contributed by atoms with Crippen molar-refractivity contribution in [3.63, 3.8) is 0 Å². The van der Waals surface area contributed by atoms with Crippen LogP contribution in [0.25, 0.3) is 16.7 Å². The number of anilines is 1. The number of nitrogens with zero attached hydrogens (tertiary/aromatic N) is 2. The summed E-state index contributed by atoms with van der Waals surface area (Å²) in [6, 6.07) is 5.84. The molecule has 29 heavy (non-hydrogen) atoms. The molecular weight excluding hydrogens is 385 g/mol. The van der Waals surface area contributed by atoms with Crippen molar-refractivity contribution in [2.45, 2.75) is 13.3 Å². The second kappa shape index (κ2) is 8.76. The smallest absolute Gasteiger partial charge is 0.256 e. The summed E-state index contributed by atoms with van der Waals surface area (Å²) in [5.41, 5.74) is -0.801. The van der Waals surface area contributed by atoms with Crippen LogP contribution in [0.2, 0.25) is 0 Å². The average molecular weight is 404 g/mol. The molecule has 9 heteroatoms. The van der Waals surface area contributed by atoms with E-state index in [2.05, 4.69) is 15.6 Å². The predicted molar refractivity (Wildman–Crippen MR) is 104 cm³/mol. The summed E-state index contributed by atoms with van der Waals surface area (Å²) in [7, 11) is 0. The van der Waals surface area contributed by atoms with E-state index in [1.165, 1.54) is 29.0 Å². The molecule has 0 radical (unpaired) electrons. The number of carbonyl (C=O) groups is 1. The van der Waals surface area contributed by atoms with Gasteiger partial charge >= 0.3 is 0 Å². The number of rotatable bonds is 7. The van der Waals surface area contributed by atoms with Gasteiger partial charge in [0.25, 0.3) is 5.91 Å². The Morgan fingerprint density at radius 2 is 1.97 bits per heavy atom. The van der Waals surface area contributed by atoms with Crippen LogP contribution in [0.15, 0.2) is 41.3 Å². The number of aromatic nitrogens is 2. The third-order valence-corrected chi connectivity index (χ3v) is 4.20. The van der Waals surface area contributed by atoms with Crippen molar-refractivity contribution in [3.05, 3.63) is 63.9 Å². The van der Waals surface area contributed by atoms with E-state index in [4.69, 9.17) is 0 Å². The fourth-order valence-corrected chi connectivity index (χ4v) is 2.83. The standard InChI is InChI=1S/C20H19F3N4O2/c1-2-8-25-20(29)14-11-27(16-5-3-12(22)10-15(16)23)19-13(18(14)28)4-6-17(26-19)24-9-7-21/h3-6,10-11H,2,7-9H2,1H3,(H,24,26)(H,25,29). The van der Waals surface area contributed by atoms with Crippen LogP contribution in [0.4, 0.5) is 19.0 Å². The van der Waals surface area contributed by atoms with Crippen LogP contribution in [0.1, 0.15) is 23.7 Å². The fraction of sp³-hybridized carbons (Fsp3) is 0.250. The van der Waals surface area contributed by atoms with Crippen LogP contribution in [0, 0.1) is 11.6 Å². The second-order valence-electron chi connectivity index (χ2n) is 6.28. The van der Waals surface area contributed by atoms with Crippen molar-refractivity contribution in [3.8, 4) is 5.69 Å². The molecule has 3 rings (SSSR count).